The molecule has 2 aliphatic rings. The fraction of sp³-hybridized carbons (Fsp3) is 0.643. The zero-order valence-corrected chi connectivity index (χ0v) is 11.3. The van der Waals surface area contributed by atoms with Crippen molar-refractivity contribution in [3.8, 4) is 0 Å². The molecule has 0 radical (unpaired) electrons. The zero-order valence-electron chi connectivity index (χ0n) is 10.5. The number of aliphatic carboxylic acids is 1. The van der Waals surface area contributed by atoms with Gasteiger partial charge in [0.25, 0.3) is 0 Å². The van der Waals surface area contributed by atoms with E-state index in [9.17, 15) is 9.90 Å². The average molecular weight is 265 g/mol. The molecular formula is C14H19NO2S. The Morgan fingerprint density at radius 3 is 2.94 bits per heavy atom. The van der Waals surface area contributed by atoms with Gasteiger partial charge in [-0.25, -0.2) is 0 Å². The first-order chi connectivity index (χ1) is 8.66. The van der Waals surface area contributed by atoms with Gasteiger partial charge < -0.3 is 10.4 Å². The molecule has 0 amide bonds. The third kappa shape index (κ3) is 1.97. The Balaban J connectivity index is 1.73. The van der Waals surface area contributed by atoms with Crippen LogP contribution < -0.4 is 5.32 Å². The van der Waals surface area contributed by atoms with E-state index in [1.165, 1.54) is 12.0 Å². The Morgan fingerprint density at radius 2 is 2.28 bits per heavy atom. The van der Waals surface area contributed by atoms with Crippen LogP contribution in [0.25, 0.3) is 0 Å². The molecule has 5 unspecified atom stereocenters. The van der Waals surface area contributed by atoms with Crippen molar-refractivity contribution in [3.05, 3.63) is 22.4 Å². The molecule has 2 N–H and O–H groups in total. The molecular weight excluding hydrogens is 246 g/mol. The van der Waals surface area contributed by atoms with Crippen LogP contribution in [0.3, 0.4) is 0 Å². The van der Waals surface area contributed by atoms with Gasteiger partial charge in [0, 0.05) is 12.1 Å². The lowest BCUT2D eigenvalue weighted by atomic mass is 9.84. The second kappa shape index (κ2) is 4.67. The molecule has 0 aromatic carbocycles. The molecule has 3 rings (SSSR count). The normalized spacial score (nSPS) is 35.8. The van der Waals surface area contributed by atoms with Crippen LogP contribution >= 0.6 is 11.3 Å². The average Bonchev–Trinajstić information content (AvgIpc) is 3.05. The van der Waals surface area contributed by atoms with Gasteiger partial charge in [-0.15, -0.1) is 0 Å². The molecule has 2 aliphatic carbocycles. The van der Waals surface area contributed by atoms with Gasteiger partial charge in [-0.05, 0) is 60.4 Å². The minimum atomic E-state index is -0.614. The zero-order chi connectivity index (χ0) is 12.7. The van der Waals surface area contributed by atoms with Crippen molar-refractivity contribution in [1.29, 1.82) is 0 Å². The Hall–Kier alpha value is -0.870. The molecule has 3 nitrogen and oxygen atoms in total. The number of hydrogen-bond donors (Lipinski definition) is 2. The number of carbonyl (C=O) groups is 1. The van der Waals surface area contributed by atoms with Crippen LogP contribution in [0.5, 0.6) is 0 Å². The Kier molecular flexibility index (Phi) is 3.16. The third-order valence-corrected chi connectivity index (χ3v) is 5.39. The van der Waals surface area contributed by atoms with Crippen molar-refractivity contribution >= 4 is 17.3 Å². The predicted molar refractivity (Wildman–Crippen MR) is 71.6 cm³/mol. The van der Waals surface area contributed by atoms with Crippen LogP contribution in [-0.4, -0.2) is 17.1 Å². The minimum Gasteiger partial charge on any atom is -0.481 e. The van der Waals surface area contributed by atoms with Gasteiger partial charge in [-0.1, -0.05) is 0 Å². The van der Waals surface area contributed by atoms with Crippen LogP contribution in [0.1, 0.15) is 37.8 Å². The lowest BCUT2D eigenvalue weighted by Crippen LogP contribution is -2.45. The Morgan fingerprint density at radius 1 is 1.50 bits per heavy atom. The molecule has 0 saturated heterocycles. The quantitative estimate of drug-likeness (QED) is 0.880. The topological polar surface area (TPSA) is 49.3 Å². The fourth-order valence-corrected chi connectivity index (χ4v) is 4.55. The van der Waals surface area contributed by atoms with E-state index in [1.54, 1.807) is 11.3 Å². The molecule has 2 fully saturated rings. The van der Waals surface area contributed by atoms with Crippen molar-refractivity contribution in [2.24, 2.45) is 17.8 Å². The lowest BCUT2D eigenvalue weighted by Gasteiger charge is -2.31. The van der Waals surface area contributed by atoms with Gasteiger partial charge in [0.05, 0.1) is 5.92 Å². The first-order valence-corrected chi connectivity index (χ1v) is 7.62. The SMILES string of the molecule is CC(NC1C2CCC(C2)C1C(=O)O)c1ccsc1. The van der Waals surface area contributed by atoms with Crippen LogP contribution in [-0.2, 0) is 4.79 Å². The minimum absolute atomic E-state index is 0.163. The molecule has 5 atom stereocenters. The van der Waals surface area contributed by atoms with Crippen molar-refractivity contribution < 1.29 is 9.90 Å². The number of thiophene rings is 1. The van der Waals surface area contributed by atoms with Gasteiger partial charge in [0.2, 0.25) is 0 Å². The molecule has 2 bridgehead atoms. The number of hydrogen-bond acceptors (Lipinski definition) is 3. The van der Waals surface area contributed by atoms with Gasteiger partial charge in [-0.2, -0.15) is 11.3 Å². The maximum atomic E-state index is 11.4. The van der Waals surface area contributed by atoms with E-state index in [1.807, 2.05) is 0 Å². The summed E-state index contributed by atoms with van der Waals surface area (Å²) in [6.07, 6.45) is 3.40. The summed E-state index contributed by atoms with van der Waals surface area (Å²) in [6.45, 7) is 2.13. The molecule has 98 valence electrons. The molecule has 18 heavy (non-hydrogen) atoms. The fourth-order valence-electron chi connectivity index (χ4n) is 3.79. The van der Waals surface area contributed by atoms with Crippen molar-refractivity contribution in [1.82, 2.24) is 5.32 Å². The summed E-state index contributed by atoms with van der Waals surface area (Å²) in [6, 6.07) is 2.53. The van der Waals surface area contributed by atoms with E-state index in [-0.39, 0.29) is 18.0 Å². The largest absolute Gasteiger partial charge is 0.481 e. The maximum Gasteiger partial charge on any atom is 0.308 e. The first kappa shape index (κ1) is 12.2. The van der Waals surface area contributed by atoms with E-state index in [0.717, 1.165) is 12.8 Å². The predicted octanol–water partition coefficient (Wildman–Crippen LogP) is 2.90. The van der Waals surface area contributed by atoms with Gasteiger partial charge in [-0.3, -0.25) is 4.79 Å². The Bertz CT molecular complexity index is 431. The van der Waals surface area contributed by atoms with E-state index in [0.29, 0.717) is 11.8 Å². The Labute approximate surface area is 111 Å². The highest BCUT2D eigenvalue weighted by Crippen LogP contribution is 2.49. The van der Waals surface area contributed by atoms with Crippen LogP contribution in [0.2, 0.25) is 0 Å². The van der Waals surface area contributed by atoms with Crippen LogP contribution in [0, 0.1) is 17.8 Å². The number of carboxylic acid groups (broad SMARTS) is 1. The van der Waals surface area contributed by atoms with Crippen molar-refractivity contribution in [2.75, 3.05) is 0 Å². The summed E-state index contributed by atoms with van der Waals surface area (Å²) in [5.74, 6) is 0.180. The molecule has 0 spiro atoms. The van der Waals surface area contributed by atoms with Gasteiger partial charge in [0.1, 0.15) is 0 Å². The number of nitrogens with one attached hydrogen (secondary N) is 1. The number of fused-ring (bicyclic) bond motifs is 2. The number of carboxylic acids is 1. The summed E-state index contributed by atoms with van der Waals surface area (Å²) in [7, 11) is 0. The molecule has 0 aliphatic heterocycles. The highest BCUT2D eigenvalue weighted by molar-refractivity contribution is 7.07. The third-order valence-electron chi connectivity index (χ3n) is 4.69. The standard InChI is InChI=1S/C14H19NO2S/c1-8(11-4-5-18-7-11)15-13-10-3-2-9(6-10)12(13)14(16)17/h4-5,7-10,12-13,15H,2-3,6H2,1H3,(H,16,17). The van der Waals surface area contributed by atoms with Gasteiger partial charge in [0.15, 0.2) is 0 Å². The molecule has 1 aromatic rings. The van der Waals surface area contributed by atoms with Gasteiger partial charge >= 0.3 is 5.97 Å². The van der Waals surface area contributed by atoms with Crippen LogP contribution in [0.4, 0.5) is 0 Å². The van der Waals surface area contributed by atoms with E-state index in [4.69, 9.17) is 0 Å². The first-order valence-electron chi connectivity index (χ1n) is 6.67. The summed E-state index contributed by atoms with van der Waals surface area (Å²) in [5, 5.41) is 17.2. The summed E-state index contributed by atoms with van der Waals surface area (Å²) < 4.78 is 0. The summed E-state index contributed by atoms with van der Waals surface area (Å²) in [4.78, 5) is 11.4. The van der Waals surface area contributed by atoms with Crippen molar-refractivity contribution in [3.63, 3.8) is 0 Å². The molecule has 2 saturated carbocycles. The maximum absolute atomic E-state index is 11.4. The second-order valence-corrected chi connectivity index (χ2v) is 6.45. The van der Waals surface area contributed by atoms with E-state index >= 15 is 0 Å². The highest BCUT2D eigenvalue weighted by Gasteiger charge is 2.51. The lowest BCUT2D eigenvalue weighted by molar-refractivity contribution is -0.144. The van der Waals surface area contributed by atoms with Crippen molar-refractivity contribution in [2.45, 2.75) is 38.3 Å². The smallest absolute Gasteiger partial charge is 0.308 e. The highest BCUT2D eigenvalue weighted by atomic mass is 32.1. The van der Waals surface area contributed by atoms with Crippen LogP contribution in [0.15, 0.2) is 16.8 Å². The number of rotatable bonds is 4. The summed E-state index contributed by atoms with van der Waals surface area (Å²) in [5.41, 5.74) is 1.27. The monoisotopic (exact) mass is 265 g/mol. The van der Waals surface area contributed by atoms with E-state index in [2.05, 4.69) is 29.1 Å². The molecule has 1 heterocycles. The van der Waals surface area contributed by atoms with E-state index < -0.39 is 5.97 Å². The molecule has 4 heteroatoms. The molecule has 1 aromatic heterocycles. The summed E-state index contributed by atoms with van der Waals surface area (Å²) >= 11 is 1.69. The second-order valence-electron chi connectivity index (χ2n) is 5.67.